The van der Waals surface area contributed by atoms with E-state index in [1.54, 1.807) is 0 Å². The summed E-state index contributed by atoms with van der Waals surface area (Å²) in [4.78, 5) is 2.00. The molecule has 0 bridgehead atoms. The van der Waals surface area contributed by atoms with Crippen LogP contribution in [0.4, 0.5) is 4.39 Å². The second-order valence-corrected chi connectivity index (χ2v) is 3.62. The minimum atomic E-state index is -0.271. The minimum Gasteiger partial charge on any atom is -0.298 e. The van der Waals surface area contributed by atoms with Crippen molar-refractivity contribution in [2.45, 2.75) is 19.4 Å². The lowest BCUT2D eigenvalue weighted by Gasteiger charge is -2.33. The van der Waals surface area contributed by atoms with Crippen molar-refractivity contribution in [1.82, 2.24) is 4.90 Å². The summed E-state index contributed by atoms with van der Waals surface area (Å²) in [5, 5.41) is 0.872. The molecular weight excluding hydrogens is 197 g/mol. The van der Waals surface area contributed by atoms with Crippen molar-refractivity contribution in [3.05, 3.63) is 0 Å². The van der Waals surface area contributed by atoms with Gasteiger partial charge in [0.2, 0.25) is 0 Å². The highest BCUT2D eigenvalue weighted by atomic mass is 79.9. The van der Waals surface area contributed by atoms with Gasteiger partial charge in [-0.1, -0.05) is 15.9 Å². The normalized spacial score (nSPS) is 12.6. The highest BCUT2D eigenvalue weighted by molar-refractivity contribution is 9.09. The number of alkyl halides is 2. The first kappa shape index (κ1) is 10.4. The average Bonchev–Trinajstić information content (AvgIpc) is 1.89. The zero-order chi connectivity index (χ0) is 8.20. The molecule has 0 N–H and O–H groups in total. The molecule has 0 fully saturated rings. The number of hydrogen-bond acceptors (Lipinski definition) is 1. The first-order valence-corrected chi connectivity index (χ1v) is 4.50. The Labute approximate surface area is 70.7 Å². The standard InChI is InChI=1S/C7H15BrFN/c1-7(2,6-8)10(3)5-4-9/h4-6H2,1-3H3. The van der Waals surface area contributed by atoms with E-state index in [0.29, 0.717) is 6.54 Å². The fourth-order valence-corrected chi connectivity index (χ4v) is 0.960. The van der Waals surface area contributed by atoms with Gasteiger partial charge in [-0.15, -0.1) is 0 Å². The van der Waals surface area contributed by atoms with Crippen molar-refractivity contribution in [2.24, 2.45) is 0 Å². The van der Waals surface area contributed by atoms with Crippen molar-refractivity contribution in [3.63, 3.8) is 0 Å². The lowest BCUT2D eigenvalue weighted by Crippen LogP contribution is -2.43. The first-order chi connectivity index (χ1) is 4.54. The number of rotatable bonds is 4. The van der Waals surface area contributed by atoms with Crippen LogP contribution in [-0.4, -0.2) is 36.0 Å². The van der Waals surface area contributed by atoms with Crippen LogP contribution in [0.1, 0.15) is 13.8 Å². The van der Waals surface area contributed by atoms with Crippen LogP contribution in [-0.2, 0) is 0 Å². The summed E-state index contributed by atoms with van der Waals surface area (Å²) in [5.74, 6) is 0. The van der Waals surface area contributed by atoms with E-state index in [9.17, 15) is 4.39 Å². The van der Waals surface area contributed by atoms with Gasteiger partial charge in [0.1, 0.15) is 6.67 Å². The van der Waals surface area contributed by atoms with Crippen molar-refractivity contribution in [2.75, 3.05) is 25.6 Å². The monoisotopic (exact) mass is 211 g/mol. The van der Waals surface area contributed by atoms with Gasteiger partial charge in [-0.25, -0.2) is 4.39 Å². The van der Waals surface area contributed by atoms with Gasteiger partial charge in [-0.2, -0.15) is 0 Å². The van der Waals surface area contributed by atoms with Gasteiger partial charge in [0, 0.05) is 17.4 Å². The lowest BCUT2D eigenvalue weighted by molar-refractivity contribution is 0.168. The van der Waals surface area contributed by atoms with Crippen LogP contribution in [0.5, 0.6) is 0 Å². The SMILES string of the molecule is CN(CCF)C(C)(C)CBr. The molecule has 10 heavy (non-hydrogen) atoms. The molecule has 0 aromatic heterocycles. The summed E-state index contributed by atoms with van der Waals surface area (Å²) in [7, 11) is 1.93. The summed E-state index contributed by atoms with van der Waals surface area (Å²) < 4.78 is 11.9. The highest BCUT2D eigenvalue weighted by Crippen LogP contribution is 2.14. The van der Waals surface area contributed by atoms with Crippen LogP contribution in [0.3, 0.4) is 0 Å². The molecule has 0 amide bonds. The Bertz CT molecular complexity index is 95.6. The van der Waals surface area contributed by atoms with E-state index in [0.717, 1.165) is 5.33 Å². The van der Waals surface area contributed by atoms with Crippen molar-refractivity contribution in [3.8, 4) is 0 Å². The summed E-state index contributed by atoms with van der Waals surface area (Å²) in [6, 6.07) is 0. The van der Waals surface area contributed by atoms with Crippen molar-refractivity contribution >= 4 is 15.9 Å². The second-order valence-electron chi connectivity index (χ2n) is 3.06. The molecule has 0 aliphatic carbocycles. The largest absolute Gasteiger partial charge is 0.298 e. The third-order valence-corrected chi connectivity index (χ3v) is 3.15. The fraction of sp³-hybridized carbons (Fsp3) is 1.00. The molecule has 0 aliphatic rings. The maximum atomic E-state index is 11.9. The van der Waals surface area contributed by atoms with Crippen LogP contribution in [0.2, 0.25) is 0 Å². The molecule has 0 rings (SSSR count). The van der Waals surface area contributed by atoms with E-state index in [1.165, 1.54) is 0 Å². The van der Waals surface area contributed by atoms with Crippen LogP contribution in [0.25, 0.3) is 0 Å². The summed E-state index contributed by atoms with van der Waals surface area (Å²) in [6.07, 6.45) is 0. The maximum absolute atomic E-state index is 11.9. The second kappa shape index (κ2) is 4.29. The fourth-order valence-electron chi connectivity index (χ4n) is 0.531. The molecule has 0 atom stereocenters. The molecule has 0 saturated heterocycles. The summed E-state index contributed by atoms with van der Waals surface area (Å²) in [6.45, 7) is 4.40. The highest BCUT2D eigenvalue weighted by Gasteiger charge is 2.20. The predicted molar refractivity (Wildman–Crippen MR) is 46.5 cm³/mol. The quantitative estimate of drug-likeness (QED) is 0.644. The molecular formula is C7H15BrFN. The van der Waals surface area contributed by atoms with E-state index in [-0.39, 0.29) is 12.2 Å². The molecule has 3 heteroatoms. The number of halogens is 2. The summed E-state index contributed by atoms with van der Waals surface area (Å²) >= 11 is 3.38. The third-order valence-electron chi connectivity index (χ3n) is 1.78. The van der Waals surface area contributed by atoms with Gasteiger partial charge in [0.05, 0.1) is 0 Å². The molecule has 0 aromatic carbocycles. The van der Waals surface area contributed by atoms with Crippen LogP contribution in [0, 0.1) is 0 Å². The van der Waals surface area contributed by atoms with E-state index < -0.39 is 0 Å². The molecule has 62 valence electrons. The Morgan fingerprint density at radius 3 is 2.30 bits per heavy atom. The Morgan fingerprint density at radius 2 is 2.00 bits per heavy atom. The van der Waals surface area contributed by atoms with Gasteiger partial charge in [0.25, 0.3) is 0 Å². The smallest absolute Gasteiger partial charge is 0.102 e. The van der Waals surface area contributed by atoms with Gasteiger partial charge in [-0.3, -0.25) is 4.90 Å². The van der Waals surface area contributed by atoms with E-state index >= 15 is 0 Å². The van der Waals surface area contributed by atoms with E-state index in [2.05, 4.69) is 29.8 Å². The topological polar surface area (TPSA) is 3.24 Å². The number of hydrogen-bond donors (Lipinski definition) is 0. The predicted octanol–water partition coefficient (Wildman–Crippen LogP) is 2.06. The average molecular weight is 212 g/mol. The molecule has 0 aromatic rings. The molecule has 0 unspecified atom stereocenters. The molecule has 0 aliphatic heterocycles. The Balaban J connectivity index is 3.78. The Hall–Kier alpha value is 0.370. The molecule has 0 spiro atoms. The Kier molecular flexibility index (Phi) is 4.45. The van der Waals surface area contributed by atoms with Crippen LogP contribution < -0.4 is 0 Å². The summed E-state index contributed by atoms with van der Waals surface area (Å²) in [5.41, 5.74) is 0.0616. The van der Waals surface area contributed by atoms with E-state index in [1.807, 2.05) is 11.9 Å². The molecule has 0 saturated carbocycles. The van der Waals surface area contributed by atoms with Gasteiger partial charge < -0.3 is 0 Å². The zero-order valence-electron chi connectivity index (χ0n) is 6.82. The third kappa shape index (κ3) is 2.97. The number of nitrogens with zero attached hydrogens (tertiary/aromatic N) is 1. The van der Waals surface area contributed by atoms with Crippen molar-refractivity contribution in [1.29, 1.82) is 0 Å². The maximum Gasteiger partial charge on any atom is 0.102 e. The van der Waals surface area contributed by atoms with Gasteiger partial charge in [-0.05, 0) is 20.9 Å². The Morgan fingerprint density at radius 1 is 1.50 bits per heavy atom. The molecule has 1 nitrogen and oxygen atoms in total. The molecule has 0 radical (unpaired) electrons. The van der Waals surface area contributed by atoms with Crippen LogP contribution in [0.15, 0.2) is 0 Å². The van der Waals surface area contributed by atoms with Gasteiger partial charge in [0.15, 0.2) is 0 Å². The minimum absolute atomic E-state index is 0.0616. The van der Waals surface area contributed by atoms with Crippen molar-refractivity contribution < 1.29 is 4.39 Å². The van der Waals surface area contributed by atoms with Gasteiger partial charge >= 0.3 is 0 Å². The lowest BCUT2D eigenvalue weighted by atomic mass is 10.1. The molecule has 0 heterocycles. The van der Waals surface area contributed by atoms with E-state index in [4.69, 9.17) is 0 Å². The zero-order valence-corrected chi connectivity index (χ0v) is 8.41. The van der Waals surface area contributed by atoms with Crippen LogP contribution >= 0.6 is 15.9 Å². The first-order valence-electron chi connectivity index (χ1n) is 3.38.